The molecule has 7 nitrogen and oxygen atoms in total. The lowest BCUT2D eigenvalue weighted by Crippen LogP contribution is -2.40. The summed E-state index contributed by atoms with van der Waals surface area (Å²) in [6.45, 7) is 3.81. The molecule has 0 radical (unpaired) electrons. The van der Waals surface area contributed by atoms with Crippen LogP contribution in [-0.2, 0) is 14.4 Å². The number of carbonyl (C=O) groups is 3. The van der Waals surface area contributed by atoms with Gasteiger partial charge in [-0.2, -0.15) is 0 Å². The summed E-state index contributed by atoms with van der Waals surface area (Å²) < 4.78 is 0. The third-order valence-corrected chi connectivity index (χ3v) is 6.04. The summed E-state index contributed by atoms with van der Waals surface area (Å²) in [4.78, 5) is 40.3. The van der Waals surface area contributed by atoms with E-state index < -0.39 is 0 Å². The minimum atomic E-state index is -0.172. The fourth-order valence-corrected chi connectivity index (χ4v) is 4.02. The quantitative estimate of drug-likeness (QED) is 0.502. The fourth-order valence-electron chi connectivity index (χ4n) is 4.02. The van der Waals surface area contributed by atoms with Crippen molar-refractivity contribution in [2.45, 2.75) is 13.8 Å². The van der Waals surface area contributed by atoms with E-state index in [0.29, 0.717) is 23.5 Å². The van der Waals surface area contributed by atoms with E-state index in [4.69, 9.17) is 0 Å². The molecule has 0 atom stereocenters. The van der Waals surface area contributed by atoms with Crippen molar-refractivity contribution in [2.75, 3.05) is 35.7 Å². The molecule has 178 valence electrons. The topological polar surface area (TPSA) is 81.8 Å². The second kappa shape index (κ2) is 10.3. The maximum atomic E-state index is 12.9. The van der Waals surface area contributed by atoms with Crippen molar-refractivity contribution in [3.8, 4) is 0 Å². The molecule has 0 aliphatic carbocycles. The second-order valence-electron chi connectivity index (χ2n) is 8.27. The highest BCUT2D eigenvalue weighted by Gasteiger charge is 2.28. The standard InChI is InChI=1S/C28H28N4O3/c1-4-32(19(2)33)18-25(34)31(3)22-16-14-21(15-17-22)29-27(20-10-6-5-7-11-20)26-23-12-8-9-13-24(23)30-28(26)35/h5-17,29H,4,18H2,1-3H3,(H,30,35). The van der Waals surface area contributed by atoms with Crippen molar-refractivity contribution in [3.05, 3.63) is 90.0 Å². The highest BCUT2D eigenvalue weighted by atomic mass is 16.2. The van der Waals surface area contributed by atoms with Crippen LogP contribution in [-0.4, -0.2) is 42.8 Å². The van der Waals surface area contributed by atoms with Crippen molar-refractivity contribution >= 4 is 46.1 Å². The van der Waals surface area contributed by atoms with Gasteiger partial charge in [-0.25, -0.2) is 0 Å². The van der Waals surface area contributed by atoms with Gasteiger partial charge in [0.1, 0.15) is 6.54 Å². The molecular formula is C28H28N4O3. The van der Waals surface area contributed by atoms with Gasteiger partial charge in [0.15, 0.2) is 0 Å². The van der Waals surface area contributed by atoms with Crippen LogP contribution in [0.3, 0.4) is 0 Å². The lowest BCUT2D eigenvalue weighted by Gasteiger charge is -2.23. The third-order valence-electron chi connectivity index (χ3n) is 6.04. The average Bonchev–Trinajstić information content (AvgIpc) is 3.21. The number of para-hydroxylation sites is 1. The predicted octanol–water partition coefficient (Wildman–Crippen LogP) is 4.45. The third kappa shape index (κ3) is 5.09. The summed E-state index contributed by atoms with van der Waals surface area (Å²) in [5.74, 6) is -0.465. The van der Waals surface area contributed by atoms with Gasteiger partial charge in [-0.1, -0.05) is 48.5 Å². The molecule has 0 unspecified atom stereocenters. The summed E-state index contributed by atoms with van der Waals surface area (Å²) in [7, 11) is 1.69. The summed E-state index contributed by atoms with van der Waals surface area (Å²) in [6.07, 6.45) is 0. The van der Waals surface area contributed by atoms with Crippen molar-refractivity contribution < 1.29 is 14.4 Å². The van der Waals surface area contributed by atoms with Gasteiger partial charge in [0.2, 0.25) is 11.8 Å². The number of nitrogens with zero attached hydrogens (tertiary/aromatic N) is 2. The first-order valence-corrected chi connectivity index (χ1v) is 11.5. The zero-order valence-corrected chi connectivity index (χ0v) is 20.0. The number of benzene rings is 3. The molecule has 0 saturated carbocycles. The lowest BCUT2D eigenvalue weighted by atomic mass is 10.00. The molecule has 35 heavy (non-hydrogen) atoms. The van der Waals surface area contributed by atoms with Crippen LogP contribution in [0.5, 0.6) is 0 Å². The van der Waals surface area contributed by atoms with Crippen molar-refractivity contribution in [2.24, 2.45) is 0 Å². The van der Waals surface area contributed by atoms with Gasteiger partial charge < -0.3 is 20.4 Å². The van der Waals surface area contributed by atoms with E-state index in [1.165, 1.54) is 16.7 Å². The van der Waals surface area contributed by atoms with Crippen molar-refractivity contribution in [1.29, 1.82) is 0 Å². The molecule has 1 heterocycles. The van der Waals surface area contributed by atoms with Crippen LogP contribution in [0.2, 0.25) is 0 Å². The number of rotatable bonds is 7. The minimum Gasteiger partial charge on any atom is -0.354 e. The van der Waals surface area contributed by atoms with E-state index in [-0.39, 0.29) is 24.3 Å². The monoisotopic (exact) mass is 468 g/mol. The van der Waals surface area contributed by atoms with Crippen LogP contribution in [0.15, 0.2) is 78.9 Å². The van der Waals surface area contributed by atoms with Crippen LogP contribution in [0.25, 0.3) is 11.3 Å². The molecule has 4 rings (SSSR count). The Balaban J connectivity index is 1.62. The average molecular weight is 469 g/mol. The van der Waals surface area contributed by atoms with Gasteiger partial charge >= 0.3 is 0 Å². The summed E-state index contributed by atoms with van der Waals surface area (Å²) in [5.41, 5.74) is 5.27. The van der Waals surface area contributed by atoms with Gasteiger partial charge in [-0.3, -0.25) is 14.4 Å². The Hall–Kier alpha value is -4.39. The Labute approximate surface area is 205 Å². The zero-order valence-electron chi connectivity index (χ0n) is 20.0. The van der Waals surface area contributed by atoms with Crippen molar-refractivity contribution in [3.63, 3.8) is 0 Å². The van der Waals surface area contributed by atoms with E-state index in [9.17, 15) is 14.4 Å². The zero-order chi connectivity index (χ0) is 24.9. The minimum absolute atomic E-state index is 0.0289. The maximum Gasteiger partial charge on any atom is 0.258 e. The first-order chi connectivity index (χ1) is 16.9. The molecular weight excluding hydrogens is 440 g/mol. The number of hydrogen-bond donors (Lipinski definition) is 2. The van der Waals surface area contributed by atoms with E-state index in [0.717, 1.165) is 22.5 Å². The molecule has 1 aliphatic rings. The van der Waals surface area contributed by atoms with Gasteiger partial charge in [-0.05, 0) is 42.8 Å². The number of fused-ring (bicyclic) bond motifs is 1. The molecule has 0 fully saturated rings. The van der Waals surface area contributed by atoms with Crippen LogP contribution >= 0.6 is 0 Å². The number of carbonyl (C=O) groups excluding carboxylic acids is 3. The Morgan fingerprint density at radius 1 is 0.914 bits per heavy atom. The van der Waals surface area contributed by atoms with Crippen molar-refractivity contribution in [1.82, 2.24) is 4.90 Å². The number of hydrogen-bond acceptors (Lipinski definition) is 4. The summed E-state index contributed by atoms with van der Waals surface area (Å²) in [5, 5.41) is 6.36. The molecule has 0 spiro atoms. The molecule has 1 aliphatic heterocycles. The fraction of sp³-hybridized carbons (Fsp3) is 0.179. The van der Waals surface area contributed by atoms with Gasteiger partial charge in [-0.15, -0.1) is 0 Å². The van der Waals surface area contributed by atoms with E-state index in [1.807, 2.05) is 85.8 Å². The molecule has 2 N–H and O–H groups in total. The van der Waals surface area contributed by atoms with Crippen LogP contribution in [0, 0.1) is 0 Å². The Bertz CT molecular complexity index is 1280. The normalized spacial score (nSPS) is 13.5. The SMILES string of the molecule is CCN(CC(=O)N(C)c1ccc(NC(=C2C(=O)Nc3ccccc32)c2ccccc2)cc1)C(C)=O. The molecule has 0 aromatic heterocycles. The molecule has 3 aromatic carbocycles. The van der Waals surface area contributed by atoms with E-state index in [1.54, 1.807) is 7.05 Å². The molecule has 0 saturated heterocycles. The highest BCUT2D eigenvalue weighted by molar-refractivity contribution is 6.37. The van der Waals surface area contributed by atoms with Gasteiger partial charge in [0, 0.05) is 43.1 Å². The van der Waals surface area contributed by atoms with Crippen LogP contribution in [0.1, 0.15) is 25.0 Å². The predicted molar refractivity (Wildman–Crippen MR) is 140 cm³/mol. The maximum absolute atomic E-state index is 12.9. The number of amides is 3. The van der Waals surface area contributed by atoms with Crippen LogP contribution in [0.4, 0.5) is 17.1 Å². The van der Waals surface area contributed by atoms with E-state index >= 15 is 0 Å². The van der Waals surface area contributed by atoms with Gasteiger partial charge in [0.25, 0.3) is 5.91 Å². The molecule has 3 amide bonds. The number of nitrogens with one attached hydrogen (secondary N) is 2. The molecule has 0 bridgehead atoms. The second-order valence-corrected chi connectivity index (χ2v) is 8.27. The van der Waals surface area contributed by atoms with Gasteiger partial charge in [0.05, 0.1) is 11.3 Å². The Kier molecular flexibility index (Phi) is 6.96. The largest absolute Gasteiger partial charge is 0.354 e. The summed E-state index contributed by atoms with van der Waals surface area (Å²) >= 11 is 0. The molecule has 3 aromatic rings. The summed E-state index contributed by atoms with van der Waals surface area (Å²) in [6, 6.07) is 24.7. The Morgan fingerprint density at radius 3 is 2.23 bits per heavy atom. The number of anilines is 3. The Morgan fingerprint density at radius 2 is 1.57 bits per heavy atom. The highest BCUT2D eigenvalue weighted by Crippen LogP contribution is 2.37. The number of likely N-dealkylation sites (N-methyl/N-ethyl adjacent to an activating group) is 2. The first-order valence-electron chi connectivity index (χ1n) is 11.5. The first kappa shape index (κ1) is 23.8. The smallest absolute Gasteiger partial charge is 0.258 e. The van der Waals surface area contributed by atoms with E-state index in [2.05, 4.69) is 10.6 Å². The molecule has 7 heteroatoms. The lowest BCUT2D eigenvalue weighted by molar-refractivity contribution is -0.133. The van der Waals surface area contributed by atoms with Crippen LogP contribution < -0.4 is 15.5 Å².